The van der Waals surface area contributed by atoms with Crippen molar-refractivity contribution in [3.8, 4) is 0 Å². The minimum absolute atomic E-state index is 0.233. The maximum absolute atomic E-state index is 12.5. The van der Waals surface area contributed by atoms with Crippen LogP contribution in [-0.4, -0.2) is 29.9 Å². The molecule has 0 aromatic heterocycles. The van der Waals surface area contributed by atoms with Gasteiger partial charge in [0.1, 0.15) is 0 Å². The Bertz CT molecular complexity index is 230. The van der Waals surface area contributed by atoms with E-state index in [4.69, 9.17) is 5.73 Å². The molecule has 3 unspecified atom stereocenters. The lowest BCUT2D eigenvalue weighted by atomic mass is 9.94. The average molecular weight is 224 g/mol. The second-order valence-electron chi connectivity index (χ2n) is 5.27. The van der Waals surface area contributed by atoms with Crippen LogP contribution in [-0.2, 0) is 4.79 Å². The SMILES string of the molecule is CCC1CCCN1C(=O)C1CCCC1CN. The van der Waals surface area contributed by atoms with Crippen molar-refractivity contribution in [3.05, 3.63) is 0 Å². The van der Waals surface area contributed by atoms with Gasteiger partial charge in [0, 0.05) is 18.5 Å². The molecule has 1 saturated heterocycles. The number of hydrogen-bond donors (Lipinski definition) is 1. The van der Waals surface area contributed by atoms with Crippen molar-refractivity contribution in [2.24, 2.45) is 17.6 Å². The van der Waals surface area contributed by atoms with E-state index >= 15 is 0 Å². The first kappa shape index (κ1) is 11.9. The summed E-state index contributed by atoms with van der Waals surface area (Å²) < 4.78 is 0. The normalized spacial score (nSPS) is 34.6. The molecule has 0 aromatic carbocycles. The molecular weight excluding hydrogens is 200 g/mol. The molecule has 1 heterocycles. The fourth-order valence-corrected chi connectivity index (χ4v) is 3.41. The third-order valence-electron chi connectivity index (χ3n) is 4.41. The van der Waals surface area contributed by atoms with Crippen LogP contribution in [0, 0.1) is 11.8 Å². The lowest BCUT2D eigenvalue weighted by Crippen LogP contribution is -2.41. The zero-order valence-electron chi connectivity index (χ0n) is 10.3. The summed E-state index contributed by atoms with van der Waals surface area (Å²) in [6.07, 6.45) is 6.88. The minimum Gasteiger partial charge on any atom is -0.339 e. The molecule has 2 rings (SSSR count). The lowest BCUT2D eigenvalue weighted by molar-refractivity contribution is -0.137. The smallest absolute Gasteiger partial charge is 0.226 e. The number of carbonyl (C=O) groups excluding carboxylic acids is 1. The number of likely N-dealkylation sites (tertiary alicyclic amines) is 1. The van der Waals surface area contributed by atoms with E-state index in [1.807, 2.05) is 0 Å². The highest BCUT2D eigenvalue weighted by atomic mass is 16.2. The van der Waals surface area contributed by atoms with Gasteiger partial charge in [-0.3, -0.25) is 4.79 Å². The summed E-state index contributed by atoms with van der Waals surface area (Å²) in [7, 11) is 0. The lowest BCUT2D eigenvalue weighted by Gasteiger charge is -2.28. The Morgan fingerprint density at radius 1 is 1.31 bits per heavy atom. The van der Waals surface area contributed by atoms with E-state index in [2.05, 4.69) is 11.8 Å². The Morgan fingerprint density at radius 2 is 2.12 bits per heavy atom. The van der Waals surface area contributed by atoms with Crippen LogP contribution in [0.25, 0.3) is 0 Å². The van der Waals surface area contributed by atoms with Gasteiger partial charge in [0.05, 0.1) is 0 Å². The maximum Gasteiger partial charge on any atom is 0.226 e. The number of amides is 1. The molecule has 1 saturated carbocycles. The summed E-state index contributed by atoms with van der Waals surface area (Å²) in [6.45, 7) is 3.84. The van der Waals surface area contributed by atoms with Gasteiger partial charge in [-0.2, -0.15) is 0 Å². The van der Waals surface area contributed by atoms with Gasteiger partial charge < -0.3 is 10.6 Å². The molecule has 0 bridgehead atoms. The summed E-state index contributed by atoms with van der Waals surface area (Å²) >= 11 is 0. The van der Waals surface area contributed by atoms with Crippen molar-refractivity contribution >= 4 is 5.91 Å². The van der Waals surface area contributed by atoms with E-state index < -0.39 is 0 Å². The Balaban J connectivity index is 2.00. The first-order valence-corrected chi connectivity index (χ1v) is 6.78. The van der Waals surface area contributed by atoms with Crippen molar-refractivity contribution in [1.29, 1.82) is 0 Å². The standard InChI is InChI=1S/C13H24N2O/c1-2-11-6-4-8-15(11)13(16)12-7-3-5-10(12)9-14/h10-12H,2-9,14H2,1H3. The second-order valence-corrected chi connectivity index (χ2v) is 5.27. The Labute approximate surface area is 98.4 Å². The second kappa shape index (κ2) is 5.17. The van der Waals surface area contributed by atoms with Crippen LogP contribution in [0.1, 0.15) is 45.4 Å². The molecule has 0 aromatic rings. The van der Waals surface area contributed by atoms with Gasteiger partial charge in [0.2, 0.25) is 5.91 Å². The highest BCUT2D eigenvalue weighted by Gasteiger charge is 2.37. The average Bonchev–Trinajstić information content (AvgIpc) is 2.96. The van der Waals surface area contributed by atoms with Crippen LogP contribution in [0.4, 0.5) is 0 Å². The first-order chi connectivity index (χ1) is 7.77. The van der Waals surface area contributed by atoms with Gasteiger partial charge in [0.15, 0.2) is 0 Å². The molecule has 2 aliphatic rings. The number of nitrogens with zero attached hydrogens (tertiary/aromatic N) is 1. The Kier molecular flexibility index (Phi) is 3.85. The van der Waals surface area contributed by atoms with Crippen LogP contribution < -0.4 is 5.73 Å². The van der Waals surface area contributed by atoms with Crippen LogP contribution in [0.3, 0.4) is 0 Å². The fourth-order valence-electron chi connectivity index (χ4n) is 3.41. The molecule has 3 atom stereocenters. The summed E-state index contributed by atoms with van der Waals surface area (Å²) in [6, 6.07) is 0.506. The van der Waals surface area contributed by atoms with Crippen molar-refractivity contribution in [1.82, 2.24) is 4.90 Å². The summed E-state index contributed by atoms with van der Waals surface area (Å²) in [5.41, 5.74) is 5.76. The molecule has 3 nitrogen and oxygen atoms in total. The molecule has 3 heteroatoms. The van der Waals surface area contributed by atoms with Crippen molar-refractivity contribution in [2.75, 3.05) is 13.1 Å². The summed E-state index contributed by atoms with van der Waals surface area (Å²) in [5, 5.41) is 0. The topological polar surface area (TPSA) is 46.3 Å². The van der Waals surface area contributed by atoms with E-state index in [-0.39, 0.29) is 5.92 Å². The summed E-state index contributed by atoms with van der Waals surface area (Å²) in [4.78, 5) is 14.6. The molecule has 1 aliphatic carbocycles. The number of rotatable bonds is 3. The van der Waals surface area contributed by atoms with Crippen molar-refractivity contribution < 1.29 is 4.79 Å². The van der Waals surface area contributed by atoms with Gasteiger partial charge in [-0.15, -0.1) is 0 Å². The zero-order chi connectivity index (χ0) is 11.5. The monoisotopic (exact) mass is 224 g/mol. The molecule has 16 heavy (non-hydrogen) atoms. The van der Waals surface area contributed by atoms with E-state index in [9.17, 15) is 4.79 Å². The quantitative estimate of drug-likeness (QED) is 0.794. The highest BCUT2D eigenvalue weighted by molar-refractivity contribution is 5.80. The molecule has 0 spiro atoms. The predicted molar refractivity (Wildman–Crippen MR) is 64.9 cm³/mol. The Hall–Kier alpha value is -0.570. The van der Waals surface area contributed by atoms with Crippen LogP contribution in [0.2, 0.25) is 0 Å². The van der Waals surface area contributed by atoms with E-state index in [0.29, 0.717) is 24.4 Å². The van der Waals surface area contributed by atoms with Crippen LogP contribution in [0.15, 0.2) is 0 Å². The predicted octanol–water partition coefficient (Wildman–Crippen LogP) is 1.76. The number of nitrogens with two attached hydrogens (primary N) is 1. The van der Waals surface area contributed by atoms with E-state index in [1.165, 1.54) is 19.3 Å². The van der Waals surface area contributed by atoms with Gasteiger partial charge in [-0.05, 0) is 44.6 Å². The van der Waals surface area contributed by atoms with Crippen molar-refractivity contribution in [3.63, 3.8) is 0 Å². The molecule has 2 fully saturated rings. The van der Waals surface area contributed by atoms with Gasteiger partial charge in [0.25, 0.3) is 0 Å². The zero-order valence-corrected chi connectivity index (χ0v) is 10.3. The van der Waals surface area contributed by atoms with E-state index in [0.717, 1.165) is 25.8 Å². The van der Waals surface area contributed by atoms with Gasteiger partial charge in [-0.25, -0.2) is 0 Å². The van der Waals surface area contributed by atoms with Crippen LogP contribution in [0.5, 0.6) is 0 Å². The van der Waals surface area contributed by atoms with Gasteiger partial charge in [-0.1, -0.05) is 13.3 Å². The van der Waals surface area contributed by atoms with Crippen LogP contribution >= 0.6 is 0 Å². The molecule has 1 amide bonds. The number of carbonyl (C=O) groups is 1. The highest BCUT2D eigenvalue weighted by Crippen LogP contribution is 2.34. The molecule has 92 valence electrons. The molecule has 2 N–H and O–H groups in total. The fraction of sp³-hybridized carbons (Fsp3) is 0.923. The van der Waals surface area contributed by atoms with E-state index in [1.54, 1.807) is 0 Å². The minimum atomic E-state index is 0.233. The first-order valence-electron chi connectivity index (χ1n) is 6.78. The third kappa shape index (κ3) is 2.10. The molecular formula is C13H24N2O. The maximum atomic E-state index is 12.5. The summed E-state index contributed by atoms with van der Waals surface area (Å²) in [5.74, 6) is 1.08. The third-order valence-corrected chi connectivity index (χ3v) is 4.41. The molecule has 0 radical (unpaired) electrons. The largest absolute Gasteiger partial charge is 0.339 e. The van der Waals surface area contributed by atoms with Gasteiger partial charge >= 0.3 is 0 Å². The van der Waals surface area contributed by atoms with Crippen molar-refractivity contribution in [2.45, 2.75) is 51.5 Å². The Morgan fingerprint density at radius 3 is 2.81 bits per heavy atom. The molecule has 1 aliphatic heterocycles. The number of hydrogen-bond acceptors (Lipinski definition) is 2.